The second-order valence-corrected chi connectivity index (χ2v) is 6.39. The van der Waals surface area contributed by atoms with Crippen molar-refractivity contribution in [2.45, 2.75) is 45.9 Å². The van der Waals surface area contributed by atoms with Gasteiger partial charge in [0.25, 0.3) is 0 Å². The summed E-state index contributed by atoms with van der Waals surface area (Å²) in [6, 6.07) is 8.42. The average molecular weight is 305 g/mol. The molecule has 0 radical (unpaired) electrons. The van der Waals surface area contributed by atoms with Crippen LogP contribution in [0.5, 0.6) is 0 Å². The molecule has 3 N–H and O–H groups in total. The quantitative estimate of drug-likeness (QED) is 0.783. The predicted octanol–water partition coefficient (Wildman–Crippen LogP) is 2.42. The van der Waals surface area contributed by atoms with Crippen molar-refractivity contribution in [2.75, 3.05) is 18.4 Å². The van der Waals surface area contributed by atoms with Gasteiger partial charge in [0, 0.05) is 37.3 Å². The minimum Gasteiger partial charge on any atom is -0.393 e. The highest BCUT2D eigenvalue weighted by Crippen LogP contribution is 2.19. The van der Waals surface area contributed by atoms with Crippen LogP contribution in [0.4, 0.5) is 10.5 Å². The first-order valence-corrected chi connectivity index (χ1v) is 8.02. The molecule has 1 aliphatic rings. The van der Waals surface area contributed by atoms with Gasteiger partial charge in [-0.3, -0.25) is 0 Å². The summed E-state index contributed by atoms with van der Waals surface area (Å²) in [4.78, 5) is 14.0. The predicted molar refractivity (Wildman–Crippen MR) is 88.8 cm³/mol. The molecule has 1 aromatic carbocycles. The number of anilines is 1. The maximum atomic E-state index is 12.2. The molecule has 0 saturated carbocycles. The van der Waals surface area contributed by atoms with Crippen molar-refractivity contribution in [3.05, 3.63) is 29.8 Å². The number of hydrogen-bond acceptors (Lipinski definition) is 3. The fraction of sp³-hybridized carbons (Fsp3) is 0.588. The van der Waals surface area contributed by atoms with Gasteiger partial charge in [0.15, 0.2) is 0 Å². The van der Waals surface area contributed by atoms with Crippen molar-refractivity contribution in [1.29, 1.82) is 0 Å². The van der Waals surface area contributed by atoms with E-state index in [-0.39, 0.29) is 18.1 Å². The van der Waals surface area contributed by atoms with Gasteiger partial charge in [-0.2, -0.15) is 0 Å². The molecule has 5 heteroatoms. The zero-order valence-electron chi connectivity index (χ0n) is 13.7. The lowest BCUT2D eigenvalue weighted by Crippen LogP contribution is -2.38. The Labute approximate surface area is 132 Å². The topological polar surface area (TPSA) is 64.6 Å². The fourth-order valence-corrected chi connectivity index (χ4v) is 2.76. The van der Waals surface area contributed by atoms with E-state index in [0.29, 0.717) is 19.1 Å². The summed E-state index contributed by atoms with van der Waals surface area (Å²) < 4.78 is 0. The monoisotopic (exact) mass is 305 g/mol. The number of benzene rings is 1. The number of urea groups is 1. The summed E-state index contributed by atoms with van der Waals surface area (Å²) in [5, 5.41) is 15.9. The van der Waals surface area contributed by atoms with Gasteiger partial charge in [0.1, 0.15) is 0 Å². The van der Waals surface area contributed by atoms with Gasteiger partial charge in [-0.1, -0.05) is 12.1 Å². The first-order chi connectivity index (χ1) is 10.5. The minimum atomic E-state index is -0.350. The summed E-state index contributed by atoms with van der Waals surface area (Å²) in [5.74, 6) is 0.198. The van der Waals surface area contributed by atoms with Gasteiger partial charge in [0.05, 0.1) is 6.10 Å². The van der Waals surface area contributed by atoms with Gasteiger partial charge in [0.2, 0.25) is 0 Å². The molecule has 0 spiro atoms. The molecule has 0 aliphatic carbocycles. The van der Waals surface area contributed by atoms with E-state index >= 15 is 0 Å². The standard InChI is InChI=1S/C17H27N3O2/c1-12(2)19-16-6-4-5-14(9-16)10-18-17(22)20-8-7-15(11-20)13(3)21/h4-6,9,12-13,15,19,21H,7-8,10-11H2,1-3H3,(H,18,22)/t13-,15-/m0/s1. The Balaban J connectivity index is 1.84. The summed E-state index contributed by atoms with van der Waals surface area (Å²) in [7, 11) is 0. The van der Waals surface area contributed by atoms with E-state index in [1.807, 2.05) is 18.2 Å². The molecule has 2 rings (SSSR count). The molecule has 0 bridgehead atoms. The van der Waals surface area contributed by atoms with Crippen LogP contribution in [0.2, 0.25) is 0 Å². The molecule has 1 aliphatic heterocycles. The lowest BCUT2D eigenvalue weighted by molar-refractivity contribution is 0.129. The van der Waals surface area contributed by atoms with Crippen molar-refractivity contribution in [1.82, 2.24) is 10.2 Å². The Morgan fingerprint density at radius 1 is 1.41 bits per heavy atom. The van der Waals surface area contributed by atoms with Crippen LogP contribution in [0.25, 0.3) is 0 Å². The van der Waals surface area contributed by atoms with Crippen LogP contribution >= 0.6 is 0 Å². The third-order valence-corrected chi connectivity index (χ3v) is 4.02. The number of carbonyl (C=O) groups is 1. The van der Waals surface area contributed by atoms with Crippen molar-refractivity contribution in [3.63, 3.8) is 0 Å². The lowest BCUT2D eigenvalue weighted by Gasteiger charge is -2.18. The molecule has 0 unspecified atom stereocenters. The highest BCUT2D eigenvalue weighted by Gasteiger charge is 2.28. The Morgan fingerprint density at radius 3 is 2.82 bits per heavy atom. The number of nitrogens with one attached hydrogen (secondary N) is 2. The maximum absolute atomic E-state index is 12.2. The van der Waals surface area contributed by atoms with E-state index in [1.165, 1.54) is 0 Å². The highest BCUT2D eigenvalue weighted by molar-refractivity contribution is 5.74. The maximum Gasteiger partial charge on any atom is 0.317 e. The Hall–Kier alpha value is -1.75. The molecule has 2 atom stereocenters. The normalized spacial score (nSPS) is 19.3. The molecule has 0 aromatic heterocycles. The number of rotatable bonds is 5. The number of amides is 2. The van der Waals surface area contributed by atoms with Crippen LogP contribution < -0.4 is 10.6 Å². The van der Waals surface area contributed by atoms with Gasteiger partial charge in [-0.15, -0.1) is 0 Å². The van der Waals surface area contributed by atoms with Gasteiger partial charge < -0.3 is 20.6 Å². The SMILES string of the molecule is CC(C)Nc1cccc(CNC(=O)N2CC[C@H]([C@H](C)O)C2)c1. The average Bonchev–Trinajstić information content (AvgIpc) is 2.94. The van der Waals surface area contributed by atoms with Gasteiger partial charge in [-0.05, 0) is 44.9 Å². The fourth-order valence-electron chi connectivity index (χ4n) is 2.76. The smallest absolute Gasteiger partial charge is 0.317 e. The third-order valence-electron chi connectivity index (χ3n) is 4.02. The first-order valence-electron chi connectivity index (χ1n) is 8.02. The Morgan fingerprint density at radius 2 is 2.18 bits per heavy atom. The second-order valence-electron chi connectivity index (χ2n) is 6.39. The van der Waals surface area contributed by atoms with Crippen LogP contribution in [0.3, 0.4) is 0 Å². The number of hydrogen-bond donors (Lipinski definition) is 3. The van der Waals surface area contributed by atoms with Crippen LogP contribution in [0.1, 0.15) is 32.8 Å². The molecule has 5 nitrogen and oxygen atoms in total. The summed E-state index contributed by atoms with van der Waals surface area (Å²) in [6.45, 7) is 7.86. The lowest BCUT2D eigenvalue weighted by atomic mass is 10.0. The first kappa shape index (κ1) is 16.6. The minimum absolute atomic E-state index is 0.0506. The Bertz CT molecular complexity index is 502. The van der Waals surface area contributed by atoms with E-state index in [4.69, 9.17) is 0 Å². The largest absolute Gasteiger partial charge is 0.393 e. The molecule has 1 heterocycles. The van der Waals surface area contributed by atoms with E-state index in [2.05, 4.69) is 30.5 Å². The van der Waals surface area contributed by atoms with Gasteiger partial charge >= 0.3 is 6.03 Å². The van der Waals surface area contributed by atoms with Crippen LogP contribution in [-0.2, 0) is 6.54 Å². The second kappa shape index (κ2) is 7.49. The zero-order valence-corrected chi connectivity index (χ0v) is 13.7. The third kappa shape index (κ3) is 4.63. The van der Waals surface area contributed by atoms with Crippen molar-refractivity contribution in [2.24, 2.45) is 5.92 Å². The van der Waals surface area contributed by atoms with Crippen LogP contribution in [0.15, 0.2) is 24.3 Å². The molecule has 1 aromatic rings. The van der Waals surface area contributed by atoms with E-state index < -0.39 is 0 Å². The number of carbonyl (C=O) groups excluding carboxylic acids is 1. The van der Waals surface area contributed by atoms with Crippen molar-refractivity contribution in [3.8, 4) is 0 Å². The van der Waals surface area contributed by atoms with Crippen molar-refractivity contribution < 1.29 is 9.90 Å². The molecule has 122 valence electrons. The van der Waals surface area contributed by atoms with E-state index in [0.717, 1.165) is 24.2 Å². The van der Waals surface area contributed by atoms with E-state index in [9.17, 15) is 9.90 Å². The van der Waals surface area contributed by atoms with Crippen LogP contribution in [-0.4, -0.2) is 41.3 Å². The number of nitrogens with zero attached hydrogens (tertiary/aromatic N) is 1. The molecule has 1 saturated heterocycles. The number of likely N-dealkylation sites (tertiary alicyclic amines) is 1. The summed E-state index contributed by atoms with van der Waals surface area (Å²) in [6.07, 6.45) is 0.524. The molecular weight excluding hydrogens is 278 g/mol. The molecule has 1 fully saturated rings. The zero-order chi connectivity index (χ0) is 16.1. The number of aliphatic hydroxyl groups excluding tert-OH is 1. The summed E-state index contributed by atoms with van der Waals surface area (Å²) in [5.41, 5.74) is 2.14. The molecule has 2 amide bonds. The molecular formula is C17H27N3O2. The van der Waals surface area contributed by atoms with Crippen molar-refractivity contribution >= 4 is 11.7 Å². The van der Waals surface area contributed by atoms with E-state index in [1.54, 1.807) is 11.8 Å². The van der Waals surface area contributed by atoms with Gasteiger partial charge in [-0.25, -0.2) is 4.79 Å². The molecule has 22 heavy (non-hydrogen) atoms. The summed E-state index contributed by atoms with van der Waals surface area (Å²) >= 11 is 0. The highest BCUT2D eigenvalue weighted by atomic mass is 16.3. The number of aliphatic hydroxyl groups is 1. The Kier molecular flexibility index (Phi) is 5.66. The van der Waals surface area contributed by atoms with Crippen LogP contribution in [0, 0.1) is 5.92 Å².